The lowest BCUT2D eigenvalue weighted by molar-refractivity contribution is -0.136. The Morgan fingerprint density at radius 2 is 2.00 bits per heavy atom. The van der Waals surface area contributed by atoms with Crippen molar-refractivity contribution in [1.29, 1.82) is 5.26 Å². The summed E-state index contributed by atoms with van der Waals surface area (Å²) in [5.74, 6) is -0.642. The maximum absolute atomic E-state index is 11.9. The molecule has 0 heterocycles. The van der Waals surface area contributed by atoms with Crippen molar-refractivity contribution in [1.82, 2.24) is 0 Å². The molecule has 130 valence electrons. The van der Waals surface area contributed by atoms with Crippen molar-refractivity contribution in [3.63, 3.8) is 0 Å². The number of hydrogen-bond acceptors (Lipinski definition) is 5. The van der Waals surface area contributed by atoms with E-state index < -0.39 is 15.8 Å². The van der Waals surface area contributed by atoms with E-state index in [2.05, 4.69) is 0 Å². The van der Waals surface area contributed by atoms with Gasteiger partial charge in [-0.1, -0.05) is 18.5 Å². The van der Waals surface area contributed by atoms with Gasteiger partial charge in [-0.15, -0.1) is 0 Å². The number of sulfone groups is 1. The molecule has 0 saturated carbocycles. The minimum Gasteiger partial charge on any atom is -0.481 e. The summed E-state index contributed by atoms with van der Waals surface area (Å²) in [5.41, 5.74) is 0.651. The summed E-state index contributed by atoms with van der Waals surface area (Å²) in [6.45, 7) is 1.53. The fourth-order valence-corrected chi connectivity index (χ4v) is 3.30. The Morgan fingerprint density at radius 3 is 2.56 bits per heavy atom. The third kappa shape index (κ3) is 4.72. The van der Waals surface area contributed by atoms with Crippen LogP contribution in [0.2, 0.25) is 5.02 Å². The lowest BCUT2D eigenvalue weighted by Crippen LogP contribution is -2.03. The number of rotatable bonds is 6. The van der Waals surface area contributed by atoms with E-state index in [0.29, 0.717) is 5.56 Å². The van der Waals surface area contributed by atoms with Gasteiger partial charge in [-0.2, -0.15) is 5.26 Å². The molecule has 2 rings (SSSR count). The number of carboxylic acid groups (broad SMARTS) is 1. The fraction of sp³-hybridized carbons (Fsp3) is 0.176. The Hall–Kier alpha value is -2.56. The van der Waals surface area contributed by atoms with E-state index in [0.717, 1.165) is 0 Å². The van der Waals surface area contributed by atoms with Crippen molar-refractivity contribution in [3.8, 4) is 17.6 Å². The number of halogens is 1. The molecule has 2 aromatic carbocycles. The molecule has 0 radical (unpaired) electrons. The molecule has 0 spiro atoms. The molecular weight excluding hydrogens is 366 g/mol. The van der Waals surface area contributed by atoms with Gasteiger partial charge in [0.15, 0.2) is 9.84 Å². The van der Waals surface area contributed by atoms with Crippen LogP contribution in [0.3, 0.4) is 0 Å². The van der Waals surface area contributed by atoms with Gasteiger partial charge >= 0.3 is 5.97 Å². The lowest BCUT2D eigenvalue weighted by Gasteiger charge is -2.11. The number of hydrogen-bond donors (Lipinski definition) is 1. The van der Waals surface area contributed by atoms with Gasteiger partial charge in [-0.3, -0.25) is 4.79 Å². The molecule has 0 unspecified atom stereocenters. The number of carbonyl (C=O) groups is 1. The summed E-state index contributed by atoms with van der Waals surface area (Å²) < 4.78 is 29.3. The summed E-state index contributed by atoms with van der Waals surface area (Å²) in [6, 6.07) is 10.4. The molecule has 0 fully saturated rings. The molecule has 0 atom stereocenters. The van der Waals surface area contributed by atoms with Crippen molar-refractivity contribution >= 4 is 27.4 Å². The van der Waals surface area contributed by atoms with Crippen molar-refractivity contribution < 1.29 is 23.1 Å². The molecule has 1 N–H and O–H groups in total. The van der Waals surface area contributed by atoms with Crippen LogP contribution in [0.5, 0.6) is 11.5 Å². The average Bonchev–Trinajstić information content (AvgIpc) is 2.55. The highest BCUT2D eigenvalue weighted by Crippen LogP contribution is 2.32. The normalized spacial score (nSPS) is 10.9. The molecule has 0 amide bonds. The summed E-state index contributed by atoms with van der Waals surface area (Å²) in [6.07, 6.45) is -0.257. The zero-order chi connectivity index (χ0) is 18.6. The SMILES string of the molecule is CCS(=O)(=O)c1ccc(Oc2cc(C#N)cc(CC(=O)O)c2)c(Cl)c1. The van der Waals surface area contributed by atoms with Crippen LogP contribution in [0, 0.1) is 11.3 Å². The molecule has 25 heavy (non-hydrogen) atoms. The second-order valence-corrected chi connectivity index (χ2v) is 7.83. The molecule has 0 aliphatic rings. The highest BCUT2D eigenvalue weighted by Gasteiger charge is 2.15. The zero-order valence-electron chi connectivity index (χ0n) is 13.2. The minimum absolute atomic E-state index is 0.0493. The molecule has 0 aliphatic carbocycles. The van der Waals surface area contributed by atoms with Gasteiger partial charge in [0, 0.05) is 0 Å². The van der Waals surface area contributed by atoms with E-state index in [1.165, 1.54) is 43.3 Å². The van der Waals surface area contributed by atoms with E-state index in [1.807, 2.05) is 6.07 Å². The predicted octanol–water partition coefficient (Wildman–Crippen LogP) is 3.42. The Labute approximate surface area is 150 Å². The van der Waals surface area contributed by atoms with Crippen LogP contribution in [0.15, 0.2) is 41.3 Å². The Bertz CT molecular complexity index is 963. The van der Waals surface area contributed by atoms with Gasteiger partial charge in [0.05, 0.1) is 33.7 Å². The number of nitriles is 1. The quantitative estimate of drug-likeness (QED) is 0.824. The smallest absolute Gasteiger partial charge is 0.307 e. The second-order valence-electron chi connectivity index (χ2n) is 5.15. The van der Waals surface area contributed by atoms with Gasteiger partial charge in [0.25, 0.3) is 0 Å². The monoisotopic (exact) mass is 379 g/mol. The van der Waals surface area contributed by atoms with Crippen LogP contribution in [-0.2, 0) is 21.1 Å². The molecule has 0 saturated heterocycles. The van der Waals surface area contributed by atoms with Crippen LogP contribution in [0.25, 0.3) is 0 Å². The van der Waals surface area contributed by atoms with E-state index in [1.54, 1.807) is 0 Å². The highest BCUT2D eigenvalue weighted by atomic mass is 35.5. The predicted molar refractivity (Wildman–Crippen MR) is 91.7 cm³/mol. The maximum atomic E-state index is 11.9. The summed E-state index contributed by atoms with van der Waals surface area (Å²) in [5, 5.41) is 18.0. The molecule has 0 aromatic heterocycles. The fourth-order valence-electron chi connectivity index (χ4n) is 2.11. The van der Waals surface area contributed by atoms with Crippen LogP contribution < -0.4 is 4.74 Å². The topological polar surface area (TPSA) is 104 Å². The zero-order valence-corrected chi connectivity index (χ0v) is 14.8. The van der Waals surface area contributed by atoms with E-state index in [9.17, 15) is 13.2 Å². The van der Waals surface area contributed by atoms with Gasteiger partial charge in [0.1, 0.15) is 11.5 Å². The van der Waals surface area contributed by atoms with Crippen LogP contribution in [-0.4, -0.2) is 25.2 Å². The highest BCUT2D eigenvalue weighted by molar-refractivity contribution is 7.91. The largest absolute Gasteiger partial charge is 0.481 e. The first-order valence-corrected chi connectivity index (χ1v) is 9.24. The molecule has 0 bridgehead atoms. The summed E-state index contributed by atoms with van der Waals surface area (Å²) >= 11 is 6.09. The summed E-state index contributed by atoms with van der Waals surface area (Å²) in [7, 11) is -3.39. The third-order valence-electron chi connectivity index (χ3n) is 3.32. The number of carboxylic acids is 1. The molecule has 2 aromatic rings. The number of nitrogens with zero attached hydrogens (tertiary/aromatic N) is 1. The molecular formula is C17H14ClNO5S. The molecule has 0 aliphatic heterocycles. The Morgan fingerprint density at radius 1 is 1.28 bits per heavy atom. The first-order valence-electron chi connectivity index (χ1n) is 7.21. The van der Waals surface area contributed by atoms with Crippen LogP contribution in [0.4, 0.5) is 0 Å². The van der Waals surface area contributed by atoms with Gasteiger partial charge < -0.3 is 9.84 Å². The average molecular weight is 380 g/mol. The third-order valence-corrected chi connectivity index (χ3v) is 5.35. The van der Waals surface area contributed by atoms with Crippen molar-refractivity contribution in [3.05, 3.63) is 52.5 Å². The molecule has 6 nitrogen and oxygen atoms in total. The Kier molecular flexibility index (Phi) is 5.67. The van der Waals surface area contributed by atoms with E-state index in [-0.39, 0.29) is 39.2 Å². The van der Waals surface area contributed by atoms with Crippen molar-refractivity contribution in [2.24, 2.45) is 0 Å². The first-order chi connectivity index (χ1) is 11.7. The van der Waals surface area contributed by atoms with Gasteiger partial charge in [0.2, 0.25) is 0 Å². The maximum Gasteiger partial charge on any atom is 0.307 e. The van der Waals surface area contributed by atoms with E-state index in [4.69, 9.17) is 26.7 Å². The van der Waals surface area contributed by atoms with E-state index >= 15 is 0 Å². The minimum atomic E-state index is -3.39. The lowest BCUT2D eigenvalue weighted by atomic mass is 10.1. The van der Waals surface area contributed by atoms with Gasteiger partial charge in [-0.25, -0.2) is 8.42 Å². The molecule has 8 heteroatoms. The first kappa shape index (κ1) is 18.8. The Balaban J connectivity index is 2.36. The number of ether oxygens (including phenoxy) is 1. The summed E-state index contributed by atoms with van der Waals surface area (Å²) in [4.78, 5) is 10.9. The standard InChI is InChI=1S/C17H14ClNO5S/c1-2-25(22,23)14-3-4-16(15(18)9-14)24-13-6-11(8-17(20)21)5-12(7-13)10-19/h3-7,9H,2,8H2,1H3,(H,20,21). The van der Waals surface area contributed by atoms with Gasteiger partial charge in [-0.05, 0) is 42.0 Å². The van der Waals surface area contributed by atoms with Crippen LogP contribution in [0.1, 0.15) is 18.1 Å². The second kappa shape index (κ2) is 7.55. The van der Waals surface area contributed by atoms with Crippen LogP contribution >= 0.6 is 11.6 Å². The van der Waals surface area contributed by atoms with Crippen molar-refractivity contribution in [2.75, 3.05) is 5.75 Å². The van der Waals surface area contributed by atoms with Crippen molar-refractivity contribution in [2.45, 2.75) is 18.2 Å². The number of benzene rings is 2. The number of aliphatic carboxylic acids is 1.